The second-order valence-electron chi connectivity index (χ2n) is 7.47. The number of hydrogen-bond acceptors (Lipinski definition) is 7. The number of ether oxygens (including phenoxy) is 1. The fourth-order valence-electron chi connectivity index (χ4n) is 3.27. The van der Waals surface area contributed by atoms with E-state index in [9.17, 15) is 14.7 Å². The molecular weight excluding hydrogens is 452 g/mol. The monoisotopic (exact) mass is 466 g/mol. The Balaban J connectivity index is 1.29. The van der Waals surface area contributed by atoms with Gasteiger partial charge >= 0.3 is 12.1 Å². The topological polar surface area (TPSA) is 128 Å². The van der Waals surface area contributed by atoms with Gasteiger partial charge in [0.05, 0.1) is 5.39 Å². The second-order valence-corrected chi connectivity index (χ2v) is 7.82. The van der Waals surface area contributed by atoms with Crippen LogP contribution in [0.4, 0.5) is 10.5 Å². The van der Waals surface area contributed by atoms with E-state index in [1.807, 2.05) is 30.3 Å². The quantitative estimate of drug-likeness (QED) is 0.396. The van der Waals surface area contributed by atoms with E-state index < -0.39 is 17.5 Å². The molecular formula is C23H15ClN2O7. The van der Waals surface area contributed by atoms with Crippen LogP contribution in [-0.4, -0.2) is 22.3 Å². The average Bonchev–Trinajstić information content (AvgIpc) is 3.24. The van der Waals surface area contributed by atoms with Gasteiger partial charge in [0.15, 0.2) is 10.9 Å². The molecule has 9 nitrogen and oxygen atoms in total. The summed E-state index contributed by atoms with van der Waals surface area (Å²) in [6.07, 6.45) is 0.310. The maximum absolute atomic E-state index is 12.1. The number of rotatable bonds is 5. The highest BCUT2D eigenvalue weighted by molar-refractivity contribution is 6.32. The highest BCUT2D eigenvalue weighted by Gasteiger charge is 2.54. The largest absolute Gasteiger partial charge is 0.480 e. The molecule has 0 spiro atoms. The minimum Gasteiger partial charge on any atom is -0.480 e. The van der Waals surface area contributed by atoms with Gasteiger partial charge in [-0.05, 0) is 36.3 Å². The molecule has 166 valence electrons. The summed E-state index contributed by atoms with van der Waals surface area (Å²) >= 11 is 6.00. The minimum atomic E-state index is -0.959. The van der Waals surface area contributed by atoms with Crippen LogP contribution in [0, 0.1) is 11.8 Å². The summed E-state index contributed by atoms with van der Waals surface area (Å²) in [6, 6.07) is 12.4. The Morgan fingerprint density at radius 1 is 1.18 bits per heavy atom. The smallest absolute Gasteiger partial charge is 0.412 e. The maximum Gasteiger partial charge on any atom is 0.412 e. The van der Waals surface area contributed by atoms with E-state index in [1.54, 1.807) is 12.1 Å². The van der Waals surface area contributed by atoms with Gasteiger partial charge in [0.1, 0.15) is 23.5 Å². The van der Waals surface area contributed by atoms with Crippen molar-refractivity contribution in [3.05, 3.63) is 70.5 Å². The number of fused-ring (bicyclic) bond motifs is 1. The fraction of sp³-hybridized carbons (Fsp3) is 0.174. The van der Waals surface area contributed by atoms with E-state index in [0.717, 1.165) is 5.56 Å². The van der Waals surface area contributed by atoms with Gasteiger partial charge in [-0.1, -0.05) is 47.1 Å². The predicted octanol–water partition coefficient (Wildman–Crippen LogP) is 4.93. The van der Waals surface area contributed by atoms with Crippen molar-refractivity contribution in [2.75, 3.05) is 5.32 Å². The van der Waals surface area contributed by atoms with Crippen molar-refractivity contribution >= 4 is 40.5 Å². The van der Waals surface area contributed by atoms with Crippen molar-refractivity contribution in [2.45, 2.75) is 24.9 Å². The molecule has 1 aromatic carbocycles. The highest BCUT2D eigenvalue weighted by Crippen LogP contribution is 2.50. The zero-order valence-corrected chi connectivity index (χ0v) is 17.6. The van der Waals surface area contributed by atoms with E-state index >= 15 is 0 Å². The Morgan fingerprint density at radius 2 is 1.97 bits per heavy atom. The third-order valence-corrected chi connectivity index (χ3v) is 5.49. The van der Waals surface area contributed by atoms with Crippen molar-refractivity contribution in [3.63, 3.8) is 0 Å². The summed E-state index contributed by atoms with van der Waals surface area (Å²) in [5, 5.41) is 16.0. The van der Waals surface area contributed by atoms with Crippen LogP contribution in [0.25, 0.3) is 11.2 Å². The molecule has 5 rings (SSSR count). The summed E-state index contributed by atoms with van der Waals surface area (Å²) < 4.78 is 21.4. The second kappa shape index (κ2) is 8.07. The third-order valence-electron chi connectivity index (χ3n) is 5.23. The maximum atomic E-state index is 12.1. The lowest BCUT2D eigenvalue weighted by Gasteiger charge is -2.05. The number of carbonyl (C=O) groups excluding carboxylic acids is 1. The van der Waals surface area contributed by atoms with Gasteiger partial charge in [0, 0.05) is 6.07 Å². The van der Waals surface area contributed by atoms with E-state index in [2.05, 4.69) is 22.3 Å². The first-order chi connectivity index (χ1) is 15.9. The number of amides is 1. The number of furan rings is 2. The number of halogens is 1. The summed E-state index contributed by atoms with van der Waals surface area (Å²) in [6.45, 7) is 0.0766. The standard InChI is InChI=1S/C23H15ClN2O7/c24-19-18(25-22(29)30-12-13-4-2-1-3-5-13)16(33-26-19)7-6-15-10-14-11-17(32-20(14)31-15)23(8-9-23)21(27)28/h1-5,10-11H,8-9,12H2,(H,25,29)(H,27,28). The van der Waals surface area contributed by atoms with Gasteiger partial charge in [-0.3, -0.25) is 10.1 Å². The number of carboxylic acid groups (broad SMARTS) is 1. The molecule has 1 aliphatic carbocycles. The minimum absolute atomic E-state index is 0.00757. The van der Waals surface area contributed by atoms with Crippen LogP contribution in [0.15, 0.2) is 55.8 Å². The average molecular weight is 467 g/mol. The summed E-state index contributed by atoms with van der Waals surface area (Å²) in [5.74, 6) is 5.32. The Kier molecular flexibility index (Phi) is 5.07. The van der Waals surface area contributed by atoms with Gasteiger partial charge in [-0.15, -0.1) is 0 Å². The SMILES string of the molecule is O=C(Nc1c(Cl)noc1C#Cc1cc2cc(C3(C(=O)O)CC3)oc2o1)OCc1ccccc1. The molecule has 1 saturated carbocycles. The lowest BCUT2D eigenvalue weighted by Crippen LogP contribution is -2.18. The van der Waals surface area contributed by atoms with Crippen molar-refractivity contribution in [3.8, 4) is 11.8 Å². The van der Waals surface area contributed by atoms with Gasteiger partial charge in [0.2, 0.25) is 5.76 Å². The van der Waals surface area contributed by atoms with Crippen LogP contribution >= 0.6 is 11.6 Å². The number of aromatic nitrogens is 1. The van der Waals surface area contributed by atoms with Gasteiger partial charge in [0.25, 0.3) is 5.78 Å². The number of carboxylic acids is 1. The lowest BCUT2D eigenvalue weighted by molar-refractivity contribution is -0.140. The molecule has 33 heavy (non-hydrogen) atoms. The van der Waals surface area contributed by atoms with Crippen LogP contribution in [0.2, 0.25) is 5.15 Å². The van der Waals surface area contributed by atoms with Gasteiger partial charge in [-0.2, -0.15) is 0 Å². The molecule has 0 bridgehead atoms. The molecule has 1 aliphatic rings. The van der Waals surface area contributed by atoms with Crippen molar-refractivity contribution in [1.29, 1.82) is 0 Å². The van der Waals surface area contributed by atoms with E-state index in [1.165, 1.54) is 0 Å². The molecule has 1 amide bonds. The number of aliphatic carboxylic acids is 1. The first kappa shape index (κ1) is 20.7. The summed E-state index contributed by atoms with van der Waals surface area (Å²) in [5.41, 5.74) is -0.0677. The van der Waals surface area contributed by atoms with Crippen LogP contribution in [0.3, 0.4) is 0 Å². The first-order valence-corrected chi connectivity index (χ1v) is 10.2. The number of anilines is 1. The Labute approximate surface area is 191 Å². The molecule has 0 saturated heterocycles. The molecule has 2 N–H and O–H groups in total. The molecule has 1 fully saturated rings. The van der Waals surface area contributed by atoms with Crippen molar-refractivity contribution < 1.29 is 32.8 Å². The molecule has 0 atom stereocenters. The third kappa shape index (κ3) is 4.04. The summed E-state index contributed by atoms with van der Waals surface area (Å²) in [7, 11) is 0. The van der Waals surface area contributed by atoms with Gasteiger partial charge < -0.3 is 23.2 Å². The van der Waals surface area contributed by atoms with Crippen LogP contribution in [0.5, 0.6) is 0 Å². The lowest BCUT2D eigenvalue weighted by atomic mass is 10.0. The van der Waals surface area contributed by atoms with Crippen LogP contribution in [0.1, 0.15) is 35.7 Å². The molecule has 0 radical (unpaired) electrons. The van der Waals surface area contributed by atoms with Gasteiger partial charge in [-0.25, -0.2) is 4.79 Å². The number of benzene rings is 1. The molecule has 3 heterocycles. The highest BCUT2D eigenvalue weighted by atomic mass is 35.5. The first-order valence-electron chi connectivity index (χ1n) is 9.87. The molecule has 4 aromatic rings. The normalized spacial score (nSPS) is 13.8. The zero-order valence-electron chi connectivity index (χ0n) is 16.9. The molecule has 0 aliphatic heterocycles. The van der Waals surface area contributed by atoms with Crippen LogP contribution in [-0.2, 0) is 21.6 Å². The fourth-order valence-corrected chi connectivity index (χ4v) is 3.44. The summed E-state index contributed by atoms with van der Waals surface area (Å²) in [4.78, 5) is 23.6. The number of nitrogens with zero attached hydrogens (tertiary/aromatic N) is 1. The van der Waals surface area contributed by atoms with Crippen molar-refractivity contribution in [2.24, 2.45) is 0 Å². The Morgan fingerprint density at radius 3 is 2.67 bits per heavy atom. The van der Waals surface area contributed by atoms with E-state index in [-0.39, 0.29) is 34.7 Å². The molecule has 10 heteroatoms. The van der Waals surface area contributed by atoms with Crippen molar-refractivity contribution in [1.82, 2.24) is 5.16 Å². The molecule has 0 unspecified atom stereocenters. The number of nitrogens with one attached hydrogen (secondary N) is 1. The van der Waals surface area contributed by atoms with E-state index in [0.29, 0.717) is 24.0 Å². The van der Waals surface area contributed by atoms with E-state index in [4.69, 9.17) is 29.7 Å². The molecule has 3 aromatic heterocycles. The zero-order chi connectivity index (χ0) is 23.0. The number of hydrogen-bond donors (Lipinski definition) is 2. The Hall–Kier alpha value is -4.16. The van der Waals surface area contributed by atoms with Crippen LogP contribution < -0.4 is 5.32 Å². The number of carbonyl (C=O) groups is 2. The predicted molar refractivity (Wildman–Crippen MR) is 115 cm³/mol. The Bertz CT molecular complexity index is 1390.